The van der Waals surface area contributed by atoms with Crippen LogP contribution in [0.5, 0.6) is 0 Å². The van der Waals surface area contributed by atoms with Gasteiger partial charge in [-0.05, 0) is 31.0 Å². The summed E-state index contributed by atoms with van der Waals surface area (Å²) in [5.41, 5.74) is 3.44. The van der Waals surface area contributed by atoms with Crippen molar-refractivity contribution in [3.05, 3.63) is 59.9 Å². The highest BCUT2D eigenvalue weighted by atomic mass is 32.2. The zero-order valence-electron chi connectivity index (χ0n) is 15.4. The summed E-state index contributed by atoms with van der Waals surface area (Å²) in [5, 5.41) is 4.08. The molecule has 0 unspecified atom stereocenters. The van der Waals surface area contributed by atoms with Crippen LogP contribution in [-0.4, -0.2) is 40.9 Å². The molecule has 0 atom stereocenters. The molecule has 2 aromatic heterocycles. The van der Waals surface area contributed by atoms with Crippen molar-refractivity contribution in [1.29, 1.82) is 0 Å². The molecule has 1 aliphatic heterocycles. The molecule has 0 spiro atoms. The van der Waals surface area contributed by atoms with E-state index in [9.17, 15) is 8.42 Å². The first-order chi connectivity index (χ1) is 14.1. The van der Waals surface area contributed by atoms with Crippen LogP contribution in [-0.2, 0) is 10.0 Å². The van der Waals surface area contributed by atoms with Crippen LogP contribution < -0.4 is 0 Å². The molecular weight excluding hydrogens is 408 g/mol. The third kappa shape index (κ3) is 3.45. The minimum absolute atomic E-state index is 0.0652. The van der Waals surface area contributed by atoms with E-state index in [0.717, 1.165) is 15.8 Å². The summed E-state index contributed by atoms with van der Waals surface area (Å²) in [5.74, 6) is 1.20. The standard InChI is InChI=1S/C20H18N4O3S2/c25-29(26,16-6-7-17-18(12-16)28-13-21-17)24-10-8-15(9-11-24)20-22-19(23-27-20)14-4-2-1-3-5-14/h1-7,12-13,15H,8-11H2. The molecule has 4 aromatic rings. The highest BCUT2D eigenvalue weighted by molar-refractivity contribution is 7.89. The molecule has 3 heterocycles. The summed E-state index contributed by atoms with van der Waals surface area (Å²) >= 11 is 1.44. The SMILES string of the molecule is O=S(=O)(c1ccc2ncsc2c1)N1CCC(c2nc(-c3ccccc3)no2)CC1. The lowest BCUT2D eigenvalue weighted by atomic mass is 9.98. The second kappa shape index (κ2) is 7.33. The molecule has 29 heavy (non-hydrogen) atoms. The molecule has 1 aliphatic rings. The van der Waals surface area contributed by atoms with E-state index in [-0.39, 0.29) is 5.92 Å². The molecular formula is C20H18N4O3S2. The smallest absolute Gasteiger partial charge is 0.243 e. The average molecular weight is 427 g/mol. The minimum Gasteiger partial charge on any atom is -0.339 e. The van der Waals surface area contributed by atoms with Crippen molar-refractivity contribution in [2.45, 2.75) is 23.7 Å². The topological polar surface area (TPSA) is 89.2 Å². The fourth-order valence-electron chi connectivity index (χ4n) is 3.59. The lowest BCUT2D eigenvalue weighted by Gasteiger charge is -2.29. The summed E-state index contributed by atoms with van der Waals surface area (Å²) in [6.07, 6.45) is 1.30. The summed E-state index contributed by atoms with van der Waals surface area (Å²) in [6.45, 7) is 0.855. The van der Waals surface area contributed by atoms with Crippen LogP contribution in [0.4, 0.5) is 0 Å². The van der Waals surface area contributed by atoms with Crippen molar-refractivity contribution < 1.29 is 12.9 Å². The Bertz CT molecular complexity index is 1240. The van der Waals surface area contributed by atoms with Crippen LogP contribution in [0.1, 0.15) is 24.7 Å². The molecule has 0 radical (unpaired) electrons. The number of sulfonamides is 1. The van der Waals surface area contributed by atoms with Gasteiger partial charge in [-0.1, -0.05) is 35.5 Å². The normalized spacial score (nSPS) is 16.4. The molecule has 0 N–H and O–H groups in total. The zero-order valence-corrected chi connectivity index (χ0v) is 17.1. The lowest BCUT2D eigenvalue weighted by molar-refractivity contribution is 0.271. The maximum Gasteiger partial charge on any atom is 0.243 e. The number of hydrogen-bond donors (Lipinski definition) is 0. The summed E-state index contributed by atoms with van der Waals surface area (Å²) in [4.78, 5) is 9.05. The van der Waals surface area contributed by atoms with Crippen molar-refractivity contribution in [3.63, 3.8) is 0 Å². The van der Waals surface area contributed by atoms with E-state index in [1.165, 1.54) is 11.3 Å². The Morgan fingerprint density at radius 1 is 1.07 bits per heavy atom. The molecule has 2 aromatic carbocycles. The molecule has 0 aliphatic carbocycles. The van der Waals surface area contributed by atoms with E-state index in [1.807, 2.05) is 30.3 Å². The maximum absolute atomic E-state index is 13.0. The van der Waals surface area contributed by atoms with E-state index < -0.39 is 10.0 Å². The van der Waals surface area contributed by atoms with Gasteiger partial charge in [-0.15, -0.1) is 11.3 Å². The lowest BCUT2D eigenvalue weighted by Crippen LogP contribution is -2.37. The number of hydrogen-bond acceptors (Lipinski definition) is 7. The van der Waals surface area contributed by atoms with E-state index in [1.54, 1.807) is 28.0 Å². The molecule has 148 valence electrons. The summed E-state index contributed by atoms with van der Waals surface area (Å²) in [7, 11) is -3.53. The average Bonchev–Trinajstić information content (AvgIpc) is 3.44. The number of rotatable bonds is 4. The van der Waals surface area contributed by atoms with Crippen LogP contribution in [0.2, 0.25) is 0 Å². The van der Waals surface area contributed by atoms with Gasteiger partial charge in [0, 0.05) is 24.6 Å². The number of benzene rings is 2. The van der Waals surface area contributed by atoms with Crippen molar-refractivity contribution in [2.75, 3.05) is 13.1 Å². The van der Waals surface area contributed by atoms with E-state index in [0.29, 0.717) is 42.5 Å². The predicted molar refractivity (Wildman–Crippen MR) is 110 cm³/mol. The van der Waals surface area contributed by atoms with Gasteiger partial charge in [-0.3, -0.25) is 0 Å². The first-order valence-corrected chi connectivity index (χ1v) is 11.7. The quantitative estimate of drug-likeness (QED) is 0.491. The van der Waals surface area contributed by atoms with Gasteiger partial charge in [0.1, 0.15) is 0 Å². The number of aromatic nitrogens is 3. The zero-order chi connectivity index (χ0) is 19.8. The van der Waals surface area contributed by atoms with E-state index >= 15 is 0 Å². The highest BCUT2D eigenvalue weighted by Crippen LogP contribution is 2.32. The Hall–Kier alpha value is -2.62. The van der Waals surface area contributed by atoms with Gasteiger partial charge in [0.25, 0.3) is 0 Å². The van der Waals surface area contributed by atoms with Crippen molar-refractivity contribution >= 4 is 31.6 Å². The van der Waals surface area contributed by atoms with Crippen molar-refractivity contribution in [1.82, 2.24) is 19.4 Å². The fraction of sp³-hybridized carbons (Fsp3) is 0.250. The minimum atomic E-state index is -3.53. The van der Waals surface area contributed by atoms with Gasteiger partial charge in [-0.25, -0.2) is 13.4 Å². The van der Waals surface area contributed by atoms with Crippen molar-refractivity contribution in [2.24, 2.45) is 0 Å². The molecule has 0 amide bonds. The van der Waals surface area contributed by atoms with Crippen LogP contribution in [0.3, 0.4) is 0 Å². The number of piperidine rings is 1. The second-order valence-electron chi connectivity index (χ2n) is 6.98. The third-order valence-electron chi connectivity index (χ3n) is 5.22. The van der Waals surface area contributed by atoms with Gasteiger partial charge < -0.3 is 4.52 Å². The second-order valence-corrected chi connectivity index (χ2v) is 9.81. The summed E-state index contributed by atoms with van der Waals surface area (Å²) in [6, 6.07) is 14.8. The fourth-order valence-corrected chi connectivity index (χ4v) is 5.88. The highest BCUT2D eigenvalue weighted by Gasteiger charge is 2.32. The Labute approximate surface area is 172 Å². The van der Waals surface area contributed by atoms with Crippen LogP contribution >= 0.6 is 11.3 Å². The monoisotopic (exact) mass is 426 g/mol. The Balaban J connectivity index is 1.30. The Morgan fingerprint density at radius 2 is 1.86 bits per heavy atom. The van der Waals surface area contributed by atoms with Crippen LogP contribution in [0, 0.1) is 0 Å². The number of thiazole rings is 1. The van der Waals surface area contributed by atoms with Gasteiger partial charge >= 0.3 is 0 Å². The molecule has 9 heteroatoms. The van der Waals surface area contributed by atoms with Crippen molar-refractivity contribution in [3.8, 4) is 11.4 Å². The molecule has 1 fully saturated rings. The first kappa shape index (κ1) is 18.4. The van der Waals surface area contributed by atoms with E-state index in [4.69, 9.17) is 4.52 Å². The number of nitrogens with zero attached hydrogens (tertiary/aromatic N) is 4. The Morgan fingerprint density at radius 3 is 2.66 bits per heavy atom. The van der Waals surface area contributed by atoms with Gasteiger partial charge in [0.15, 0.2) is 0 Å². The molecule has 0 saturated carbocycles. The third-order valence-corrected chi connectivity index (χ3v) is 7.90. The molecule has 0 bridgehead atoms. The maximum atomic E-state index is 13.0. The van der Waals surface area contributed by atoms with Gasteiger partial charge in [0.05, 0.1) is 20.6 Å². The molecule has 7 nitrogen and oxygen atoms in total. The van der Waals surface area contributed by atoms with Gasteiger partial charge in [0.2, 0.25) is 21.7 Å². The molecule has 5 rings (SSSR count). The number of fused-ring (bicyclic) bond motifs is 1. The largest absolute Gasteiger partial charge is 0.339 e. The van der Waals surface area contributed by atoms with E-state index in [2.05, 4.69) is 15.1 Å². The summed E-state index contributed by atoms with van der Waals surface area (Å²) < 4.78 is 34.0. The van der Waals surface area contributed by atoms with Crippen LogP contribution in [0.25, 0.3) is 21.6 Å². The Kier molecular flexibility index (Phi) is 4.65. The van der Waals surface area contributed by atoms with Gasteiger partial charge in [-0.2, -0.15) is 9.29 Å². The molecule has 1 saturated heterocycles. The van der Waals surface area contributed by atoms with Crippen LogP contribution in [0.15, 0.2) is 63.5 Å². The predicted octanol–water partition coefficient (Wildman–Crippen LogP) is 3.91. The first-order valence-electron chi connectivity index (χ1n) is 9.34.